The number of imidazole rings is 1. The molecule has 3 rings (SSSR count). The molecule has 3 aromatic heterocycles. The Bertz CT molecular complexity index is 834. The lowest BCUT2D eigenvalue weighted by atomic mass is 10.2. The fourth-order valence-electron chi connectivity index (χ4n) is 2.03. The number of anilines is 3. The Morgan fingerprint density at radius 3 is 2.71 bits per heavy atom. The van der Waals surface area contributed by atoms with Crippen molar-refractivity contribution in [3.63, 3.8) is 0 Å². The van der Waals surface area contributed by atoms with E-state index in [0.717, 1.165) is 0 Å². The van der Waals surface area contributed by atoms with Crippen LogP contribution in [0.4, 0.5) is 22.0 Å². The lowest BCUT2D eigenvalue weighted by molar-refractivity contribution is 0.617. The molecule has 0 aliphatic rings. The highest BCUT2D eigenvalue weighted by atomic mass is 35.5. The van der Waals surface area contributed by atoms with Gasteiger partial charge in [-0.05, 0) is 19.1 Å². The minimum atomic E-state index is -0.379. The third kappa shape index (κ3) is 3.77. The number of rotatable bonds is 5. The first-order valence-electron chi connectivity index (χ1n) is 7.17. The van der Waals surface area contributed by atoms with Crippen LogP contribution in [0.25, 0.3) is 0 Å². The highest BCUT2D eigenvalue weighted by Crippen LogP contribution is 2.24. The van der Waals surface area contributed by atoms with Crippen LogP contribution in [0.5, 0.6) is 0 Å². The highest BCUT2D eigenvalue weighted by Gasteiger charge is 2.11. The van der Waals surface area contributed by atoms with Crippen LogP contribution in [-0.2, 0) is 7.05 Å². The van der Waals surface area contributed by atoms with Gasteiger partial charge < -0.3 is 15.2 Å². The van der Waals surface area contributed by atoms with Gasteiger partial charge in [-0.1, -0.05) is 11.6 Å². The van der Waals surface area contributed by atoms with Crippen molar-refractivity contribution in [2.75, 3.05) is 10.6 Å². The third-order valence-electron chi connectivity index (χ3n) is 3.23. The zero-order chi connectivity index (χ0) is 17.1. The molecule has 24 heavy (non-hydrogen) atoms. The average Bonchev–Trinajstić information content (AvgIpc) is 2.96. The van der Waals surface area contributed by atoms with Gasteiger partial charge >= 0.3 is 0 Å². The molecule has 7 nitrogen and oxygen atoms in total. The summed E-state index contributed by atoms with van der Waals surface area (Å²) in [5, 5.41) is 6.51. The number of hydrogen-bond acceptors (Lipinski definition) is 6. The van der Waals surface area contributed by atoms with Gasteiger partial charge in [0.1, 0.15) is 16.7 Å². The quantitative estimate of drug-likeness (QED) is 0.737. The molecule has 0 saturated heterocycles. The summed E-state index contributed by atoms with van der Waals surface area (Å²) in [4.78, 5) is 16.7. The summed E-state index contributed by atoms with van der Waals surface area (Å²) in [6, 6.07) is 2.77. The zero-order valence-electron chi connectivity index (χ0n) is 13.0. The molecule has 0 fully saturated rings. The maximum absolute atomic E-state index is 12.9. The summed E-state index contributed by atoms with van der Waals surface area (Å²) < 4.78 is 14.7. The molecule has 1 atom stereocenters. The summed E-state index contributed by atoms with van der Waals surface area (Å²) in [5.41, 5.74) is 0.675. The first-order chi connectivity index (χ1) is 11.5. The average molecular weight is 348 g/mol. The number of hydrogen-bond donors (Lipinski definition) is 2. The molecule has 0 aliphatic heterocycles. The predicted molar refractivity (Wildman–Crippen MR) is 89.8 cm³/mol. The highest BCUT2D eigenvalue weighted by molar-refractivity contribution is 6.32. The maximum Gasteiger partial charge on any atom is 0.225 e. The van der Waals surface area contributed by atoms with E-state index in [-0.39, 0.29) is 11.9 Å². The Kier molecular flexibility index (Phi) is 4.57. The molecule has 0 radical (unpaired) electrons. The van der Waals surface area contributed by atoms with Crippen LogP contribution in [0.1, 0.15) is 18.7 Å². The van der Waals surface area contributed by atoms with Gasteiger partial charge in [0.15, 0.2) is 5.82 Å². The van der Waals surface area contributed by atoms with Crippen LogP contribution in [-0.4, -0.2) is 24.5 Å². The second-order valence-electron chi connectivity index (χ2n) is 5.21. The molecule has 0 saturated carbocycles. The second-order valence-corrected chi connectivity index (χ2v) is 5.61. The van der Waals surface area contributed by atoms with Crippen LogP contribution in [0.15, 0.2) is 37.1 Å². The Labute approximate surface area is 143 Å². The smallest absolute Gasteiger partial charge is 0.225 e. The molecule has 0 amide bonds. The lowest BCUT2D eigenvalue weighted by Crippen LogP contribution is -2.11. The van der Waals surface area contributed by atoms with Crippen LogP contribution in [0.3, 0.4) is 0 Å². The number of nitrogens with one attached hydrogen (secondary N) is 2. The molecule has 3 aromatic rings. The number of aromatic nitrogens is 5. The normalized spacial score (nSPS) is 12.0. The number of nitrogens with zero attached hydrogens (tertiary/aromatic N) is 5. The topological polar surface area (TPSA) is 80.5 Å². The van der Waals surface area contributed by atoms with Gasteiger partial charge in [0.05, 0.1) is 30.5 Å². The van der Waals surface area contributed by atoms with Crippen molar-refractivity contribution in [1.82, 2.24) is 24.5 Å². The molecule has 124 valence electrons. The van der Waals surface area contributed by atoms with Crippen LogP contribution < -0.4 is 10.6 Å². The van der Waals surface area contributed by atoms with Gasteiger partial charge in [0.2, 0.25) is 5.95 Å². The molecule has 0 bridgehead atoms. The van der Waals surface area contributed by atoms with E-state index in [1.54, 1.807) is 23.2 Å². The Hall–Kier alpha value is -2.74. The van der Waals surface area contributed by atoms with E-state index in [2.05, 4.69) is 30.6 Å². The summed E-state index contributed by atoms with van der Waals surface area (Å²) in [5.74, 6) is 1.05. The second kappa shape index (κ2) is 6.79. The Morgan fingerprint density at radius 1 is 1.21 bits per heavy atom. The molecule has 3 heterocycles. The molecule has 0 unspecified atom stereocenters. The van der Waals surface area contributed by atoms with Crippen molar-refractivity contribution >= 4 is 29.2 Å². The van der Waals surface area contributed by atoms with Crippen molar-refractivity contribution in [1.29, 1.82) is 0 Å². The Balaban J connectivity index is 1.76. The van der Waals surface area contributed by atoms with Gasteiger partial charge in [0, 0.05) is 13.2 Å². The maximum atomic E-state index is 12.9. The Morgan fingerprint density at radius 2 is 2.04 bits per heavy atom. The number of halogens is 2. The molecular formula is C15H15ClFN7. The fraction of sp³-hybridized carbons (Fsp3) is 0.200. The SMILES string of the molecule is C[C@@H](Nc1ncc(Cl)c(Nc2cn(C)cn2)n1)c1ccc(F)cn1. The van der Waals surface area contributed by atoms with Crippen LogP contribution in [0.2, 0.25) is 5.02 Å². The van der Waals surface area contributed by atoms with Gasteiger partial charge in [-0.3, -0.25) is 4.98 Å². The van der Waals surface area contributed by atoms with Crippen molar-refractivity contribution in [3.8, 4) is 0 Å². The van der Waals surface area contributed by atoms with Gasteiger partial charge in [-0.15, -0.1) is 0 Å². The summed E-state index contributed by atoms with van der Waals surface area (Å²) >= 11 is 6.12. The molecule has 0 aromatic carbocycles. The van der Waals surface area contributed by atoms with E-state index < -0.39 is 0 Å². The zero-order valence-corrected chi connectivity index (χ0v) is 13.8. The first-order valence-corrected chi connectivity index (χ1v) is 7.54. The van der Waals surface area contributed by atoms with E-state index >= 15 is 0 Å². The van der Waals surface area contributed by atoms with Crippen LogP contribution >= 0.6 is 11.6 Å². The van der Waals surface area contributed by atoms with Crippen LogP contribution in [0, 0.1) is 5.82 Å². The van der Waals surface area contributed by atoms with Crippen molar-refractivity contribution in [2.45, 2.75) is 13.0 Å². The van der Waals surface area contributed by atoms with Crippen molar-refractivity contribution in [2.24, 2.45) is 7.05 Å². The van der Waals surface area contributed by atoms with Crippen molar-refractivity contribution in [3.05, 3.63) is 53.6 Å². The van der Waals surface area contributed by atoms with E-state index in [9.17, 15) is 4.39 Å². The minimum Gasteiger partial charge on any atom is -0.346 e. The molecular weight excluding hydrogens is 333 g/mol. The number of aryl methyl sites for hydroxylation is 1. The van der Waals surface area contributed by atoms with E-state index in [1.807, 2.05) is 14.0 Å². The fourth-order valence-corrected chi connectivity index (χ4v) is 2.17. The third-order valence-corrected chi connectivity index (χ3v) is 3.51. The number of pyridine rings is 1. The summed E-state index contributed by atoms with van der Waals surface area (Å²) in [6.45, 7) is 1.88. The largest absolute Gasteiger partial charge is 0.346 e. The van der Waals surface area contributed by atoms with Gasteiger partial charge in [-0.2, -0.15) is 4.98 Å². The van der Waals surface area contributed by atoms with E-state index in [4.69, 9.17) is 11.6 Å². The summed E-state index contributed by atoms with van der Waals surface area (Å²) in [7, 11) is 1.87. The van der Waals surface area contributed by atoms with E-state index in [1.165, 1.54) is 18.5 Å². The summed E-state index contributed by atoms with van der Waals surface area (Å²) in [6.07, 6.45) is 6.13. The van der Waals surface area contributed by atoms with Gasteiger partial charge in [0.25, 0.3) is 0 Å². The molecule has 9 heteroatoms. The predicted octanol–water partition coefficient (Wildman–Crippen LogP) is 3.31. The monoisotopic (exact) mass is 347 g/mol. The molecule has 0 aliphatic carbocycles. The van der Waals surface area contributed by atoms with Gasteiger partial charge in [-0.25, -0.2) is 14.4 Å². The molecule has 0 spiro atoms. The first kappa shape index (κ1) is 16.1. The lowest BCUT2D eigenvalue weighted by Gasteiger charge is -2.14. The van der Waals surface area contributed by atoms with Crippen molar-refractivity contribution < 1.29 is 4.39 Å². The minimum absolute atomic E-state index is 0.200. The van der Waals surface area contributed by atoms with E-state index in [0.29, 0.717) is 28.3 Å². The molecule has 2 N–H and O–H groups in total. The standard InChI is InChI=1S/C15H15ClFN7/c1-9(12-4-3-10(17)5-18-12)21-15-19-6-11(16)14(23-15)22-13-7-24(2)8-20-13/h3-9H,1-2H3,(H2,19,21,22,23)/t9-/m1/s1.